The second-order valence-electron chi connectivity index (χ2n) is 10.9. The molecule has 1 fully saturated rings. The minimum atomic E-state index is -0.543. The van der Waals surface area contributed by atoms with Crippen LogP contribution in [0.15, 0.2) is 58.0 Å². The molecular formula is C32H38N4O3. The molecule has 2 heterocycles. The Morgan fingerprint density at radius 1 is 1.10 bits per heavy atom. The van der Waals surface area contributed by atoms with E-state index in [4.69, 9.17) is 9.52 Å². The van der Waals surface area contributed by atoms with E-state index in [9.17, 15) is 9.59 Å². The van der Waals surface area contributed by atoms with E-state index >= 15 is 0 Å². The Hall–Kier alpha value is -3.74. The summed E-state index contributed by atoms with van der Waals surface area (Å²) in [6, 6.07) is 16.7. The molecule has 3 aromatic rings. The fraction of sp³-hybridized carbons (Fsp3) is 0.438. The van der Waals surface area contributed by atoms with E-state index in [-0.39, 0.29) is 12.5 Å². The summed E-state index contributed by atoms with van der Waals surface area (Å²) in [5.41, 5.74) is 4.69. The van der Waals surface area contributed by atoms with Gasteiger partial charge in [0.25, 0.3) is 5.91 Å². The summed E-state index contributed by atoms with van der Waals surface area (Å²) in [4.78, 5) is 34.3. The molecule has 0 atom stereocenters. The van der Waals surface area contributed by atoms with Crippen molar-refractivity contribution in [3.63, 3.8) is 0 Å². The first-order chi connectivity index (χ1) is 19.0. The van der Waals surface area contributed by atoms with Gasteiger partial charge in [-0.15, -0.1) is 0 Å². The maximum Gasteiger partial charge on any atom is 0.256 e. The van der Waals surface area contributed by atoms with Crippen LogP contribution in [0, 0.1) is 13.8 Å². The number of hydrogen-bond donors (Lipinski definition) is 0. The van der Waals surface area contributed by atoms with Gasteiger partial charge >= 0.3 is 0 Å². The van der Waals surface area contributed by atoms with Crippen LogP contribution in [-0.2, 0) is 22.7 Å². The van der Waals surface area contributed by atoms with Crippen molar-refractivity contribution in [3.05, 3.63) is 71.0 Å². The summed E-state index contributed by atoms with van der Waals surface area (Å²) < 4.78 is 5.42. The van der Waals surface area contributed by atoms with Crippen molar-refractivity contribution in [2.24, 2.45) is 4.99 Å². The van der Waals surface area contributed by atoms with Gasteiger partial charge in [-0.3, -0.25) is 14.7 Å². The number of aldehydes is 1. The van der Waals surface area contributed by atoms with Crippen molar-refractivity contribution in [2.45, 2.75) is 84.3 Å². The van der Waals surface area contributed by atoms with E-state index in [0.717, 1.165) is 90.6 Å². The van der Waals surface area contributed by atoms with Crippen LogP contribution in [0.3, 0.4) is 0 Å². The quantitative estimate of drug-likeness (QED) is 0.270. The van der Waals surface area contributed by atoms with Crippen molar-refractivity contribution in [1.29, 1.82) is 0 Å². The highest BCUT2D eigenvalue weighted by atomic mass is 16.5. The summed E-state index contributed by atoms with van der Waals surface area (Å²) in [5.74, 6) is 2.52. The van der Waals surface area contributed by atoms with Crippen molar-refractivity contribution >= 4 is 23.8 Å². The van der Waals surface area contributed by atoms with Crippen LogP contribution < -0.4 is 4.90 Å². The number of hydrogen-bond acceptors (Lipinski definition) is 6. The lowest BCUT2D eigenvalue weighted by Crippen LogP contribution is -2.40. The highest BCUT2D eigenvalue weighted by Crippen LogP contribution is 2.40. The van der Waals surface area contributed by atoms with Crippen LogP contribution in [0.25, 0.3) is 11.1 Å². The van der Waals surface area contributed by atoms with Gasteiger partial charge in [0.05, 0.1) is 13.1 Å². The molecule has 0 unspecified atom stereocenters. The topological polar surface area (TPSA) is 79.0 Å². The lowest BCUT2D eigenvalue weighted by Gasteiger charge is -2.25. The van der Waals surface area contributed by atoms with Crippen molar-refractivity contribution < 1.29 is 14.1 Å². The van der Waals surface area contributed by atoms with Gasteiger partial charge in [-0.25, -0.2) is 0 Å². The van der Waals surface area contributed by atoms with Crippen molar-refractivity contribution in [1.82, 2.24) is 10.1 Å². The molecule has 1 saturated carbocycles. The van der Waals surface area contributed by atoms with E-state index in [1.807, 2.05) is 41.8 Å². The third-order valence-electron chi connectivity index (χ3n) is 8.17. The van der Waals surface area contributed by atoms with Crippen LogP contribution in [0.5, 0.6) is 0 Å². The second-order valence-corrected chi connectivity index (χ2v) is 10.9. The van der Waals surface area contributed by atoms with Crippen LogP contribution in [-0.4, -0.2) is 40.2 Å². The Labute approximate surface area is 230 Å². The number of aromatic nitrogens is 1. The minimum absolute atomic E-state index is 0.163. The standard InChI is InChI=1S/C32H38N4O3/c1-4-5-13-29-33-32(16-9-10-17-32)31(38)36(29)21-25-14-15-28(26-11-7-6-8-12-26)27(20-25)22-35(18-19-37)30-23(2)24(3)39-34-30/h6-8,11-12,14-15,19-20H,4-5,9-10,13,16-18,21-22H2,1-3H3. The van der Waals surface area contributed by atoms with Crippen LogP contribution in [0.1, 0.15) is 74.3 Å². The lowest BCUT2D eigenvalue weighted by molar-refractivity contribution is -0.131. The van der Waals surface area contributed by atoms with Gasteiger partial charge in [0.15, 0.2) is 5.82 Å². The van der Waals surface area contributed by atoms with E-state index < -0.39 is 5.54 Å². The summed E-state index contributed by atoms with van der Waals surface area (Å²) in [5, 5.41) is 4.25. The first-order valence-electron chi connectivity index (χ1n) is 14.1. The molecule has 1 aliphatic heterocycles. The number of carbonyl (C=O) groups is 2. The Morgan fingerprint density at radius 2 is 1.87 bits per heavy atom. The Balaban J connectivity index is 1.50. The molecule has 39 heavy (non-hydrogen) atoms. The molecule has 7 heteroatoms. The number of benzene rings is 2. The summed E-state index contributed by atoms with van der Waals surface area (Å²) >= 11 is 0. The second kappa shape index (κ2) is 11.6. The molecule has 204 valence electrons. The van der Waals surface area contributed by atoms with Crippen LogP contribution in [0.4, 0.5) is 5.82 Å². The van der Waals surface area contributed by atoms with E-state index in [0.29, 0.717) is 18.9 Å². The van der Waals surface area contributed by atoms with Gasteiger partial charge in [-0.2, -0.15) is 0 Å². The number of anilines is 1. The molecular weight excluding hydrogens is 488 g/mol. The first-order valence-corrected chi connectivity index (χ1v) is 14.1. The van der Waals surface area contributed by atoms with Crippen molar-refractivity contribution in [2.75, 3.05) is 11.4 Å². The molecule has 0 radical (unpaired) electrons. The molecule has 2 aromatic carbocycles. The molecule has 1 aromatic heterocycles. The fourth-order valence-electron chi connectivity index (χ4n) is 5.88. The first kappa shape index (κ1) is 26.9. The third kappa shape index (κ3) is 5.40. The predicted molar refractivity (Wildman–Crippen MR) is 154 cm³/mol. The fourth-order valence-corrected chi connectivity index (χ4v) is 5.88. The van der Waals surface area contributed by atoms with Gasteiger partial charge in [-0.1, -0.05) is 79.9 Å². The summed E-state index contributed by atoms with van der Waals surface area (Å²) in [7, 11) is 0. The molecule has 1 amide bonds. The maximum atomic E-state index is 13.7. The van der Waals surface area contributed by atoms with E-state index in [2.05, 4.69) is 42.4 Å². The zero-order chi connectivity index (χ0) is 27.4. The summed E-state index contributed by atoms with van der Waals surface area (Å²) in [6.45, 7) is 7.20. The third-order valence-corrected chi connectivity index (χ3v) is 8.17. The molecule has 0 saturated heterocycles. The molecule has 2 aliphatic rings. The molecule has 0 bridgehead atoms. The van der Waals surface area contributed by atoms with Gasteiger partial charge in [0, 0.05) is 18.5 Å². The normalized spacial score (nSPS) is 16.2. The number of rotatable bonds is 11. The highest BCUT2D eigenvalue weighted by molar-refractivity contribution is 6.08. The van der Waals surface area contributed by atoms with Crippen LogP contribution >= 0.6 is 0 Å². The molecule has 5 rings (SSSR count). The van der Waals surface area contributed by atoms with Gasteiger partial charge < -0.3 is 14.2 Å². The average molecular weight is 527 g/mol. The van der Waals surface area contributed by atoms with Gasteiger partial charge in [0.2, 0.25) is 0 Å². The van der Waals surface area contributed by atoms with Crippen LogP contribution in [0.2, 0.25) is 0 Å². The monoisotopic (exact) mass is 526 g/mol. The number of carbonyl (C=O) groups excluding carboxylic acids is 2. The predicted octanol–water partition coefficient (Wildman–Crippen LogP) is 6.41. The van der Waals surface area contributed by atoms with Gasteiger partial charge in [-0.05, 0) is 55.4 Å². The zero-order valence-electron chi connectivity index (χ0n) is 23.3. The maximum absolute atomic E-state index is 13.7. The number of amides is 1. The number of nitrogens with zero attached hydrogens (tertiary/aromatic N) is 4. The lowest BCUT2D eigenvalue weighted by atomic mass is 9.96. The minimum Gasteiger partial charge on any atom is -0.359 e. The van der Waals surface area contributed by atoms with Crippen molar-refractivity contribution in [3.8, 4) is 11.1 Å². The van der Waals surface area contributed by atoms with E-state index in [1.54, 1.807) is 0 Å². The number of aryl methyl sites for hydroxylation is 1. The van der Waals surface area contributed by atoms with E-state index in [1.165, 1.54) is 0 Å². The Kier molecular flexibility index (Phi) is 7.96. The Bertz CT molecular complexity index is 1350. The molecule has 1 aliphatic carbocycles. The Morgan fingerprint density at radius 3 is 2.54 bits per heavy atom. The van der Waals surface area contributed by atoms with Gasteiger partial charge in [0.1, 0.15) is 23.4 Å². The molecule has 7 nitrogen and oxygen atoms in total. The largest absolute Gasteiger partial charge is 0.359 e. The smallest absolute Gasteiger partial charge is 0.256 e. The number of unbranched alkanes of at least 4 members (excludes halogenated alkanes) is 1. The number of amidine groups is 1. The summed E-state index contributed by atoms with van der Waals surface area (Å²) in [6.07, 6.45) is 7.65. The molecule has 0 N–H and O–H groups in total. The average Bonchev–Trinajstić information content (AvgIpc) is 3.63. The zero-order valence-corrected chi connectivity index (χ0v) is 23.3. The highest BCUT2D eigenvalue weighted by Gasteiger charge is 2.49. The molecule has 1 spiro atoms. The SMILES string of the molecule is CCCCC1=NC2(CCCC2)C(=O)N1Cc1ccc(-c2ccccc2)c(CN(CC=O)c2noc(C)c2C)c1. The number of aliphatic imine (C=N–C) groups is 1.